The van der Waals surface area contributed by atoms with Gasteiger partial charge in [0.2, 0.25) is 0 Å². The van der Waals surface area contributed by atoms with E-state index in [0.29, 0.717) is 5.69 Å². The first-order chi connectivity index (χ1) is 10.8. The van der Waals surface area contributed by atoms with Gasteiger partial charge in [-0.05, 0) is 38.0 Å². The summed E-state index contributed by atoms with van der Waals surface area (Å²) in [4.78, 5) is 12.3. The molecule has 6 nitrogen and oxygen atoms in total. The van der Waals surface area contributed by atoms with Crippen LogP contribution < -0.4 is 5.32 Å². The molecule has 0 saturated carbocycles. The summed E-state index contributed by atoms with van der Waals surface area (Å²) in [6, 6.07) is 3.94. The van der Waals surface area contributed by atoms with Crippen molar-refractivity contribution in [2.45, 2.75) is 26.8 Å². The van der Waals surface area contributed by atoms with Crippen molar-refractivity contribution in [3.05, 3.63) is 40.4 Å². The normalized spacial score (nSPS) is 13.7. The summed E-state index contributed by atoms with van der Waals surface area (Å²) in [6.45, 7) is 5.20. The number of hydrogen-bond acceptors (Lipinski definition) is 4. The molecule has 1 aromatic carbocycles. The molecular formula is C15H18ClFN4O2. The molecule has 124 valence electrons. The second-order valence-electron chi connectivity index (χ2n) is 5.45. The van der Waals surface area contributed by atoms with Crippen LogP contribution in [0.4, 0.5) is 4.39 Å². The fourth-order valence-corrected chi connectivity index (χ4v) is 2.16. The Balaban J connectivity index is 2.27. The predicted molar refractivity (Wildman–Crippen MR) is 84.2 cm³/mol. The lowest BCUT2D eigenvalue weighted by Crippen LogP contribution is -2.38. The van der Waals surface area contributed by atoms with Crippen LogP contribution in [0.5, 0.6) is 0 Å². The van der Waals surface area contributed by atoms with Crippen LogP contribution in [0.1, 0.15) is 30.0 Å². The van der Waals surface area contributed by atoms with Gasteiger partial charge in [0.25, 0.3) is 5.91 Å². The van der Waals surface area contributed by atoms with Crippen LogP contribution in [0, 0.1) is 18.7 Å². The molecule has 0 aliphatic rings. The van der Waals surface area contributed by atoms with Gasteiger partial charge in [0.15, 0.2) is 5.69 Å². The highest BCUT2D eigenvalue weighted by Crippen LogP contribution is 2.20. The van der Waals surface area contributed by atoms with Gasteiger partial charge in [0.05, 0.1) is 5.69 Å². The number of aromatic nitrogens is 3. The molecule has 0 saturated heterocycles. The Morgan fingerprint density at radius 1 is 1.48 bits per heavy atom. The number of carbonyl (C=O) groups excluding carboxylic acids is 1. The minimum atomic E-state index is -0.556. The molecule has 0 aliphatic heterocycles. The second-order valence-corrected chi connectivity index (χ2v) is 5.89. The van der Waals surface area contributed by atoms with Crippen LogP contribution >= 0.6 is 11.6 Å². The van der Waals surface area contributed by atoms with Crippen molar-refractivity contribution in [2.75, 3.05) is 6.61 Å². The standard InChI is InChI=1S/C15H18ClFN4O2/c1-8(7-22)9(2)18-15(23)14-10(3)21(20-19-14)13-5-4-11(16)6-12(13)17/h4-6,8-9,22H,7H2,1-3H3,(H,18,23). The predicted octanol–water partition coefficient (Wildman–Crippen LogP) is 2.11. The largest absolute Gasteiger partial charge is 0.396 e. The summed E-state index contributed by atoms with van der Waals surface area (Å²) >= 11 is 5.73. The molecule has 2 N–H and O–H groups in total. The molecule has 0 aliphatic carbocycles. The van der Waals surface area contributed by atoms with Crippen LogP contribution in [0.25, 0.3) is 5.69 Å². The van der Waals surface area contributed by atoms with Gasteiger partial charge >= 0.3 is 0 Å². The number of hydrogen-bond donors (Lipinski definition) is 2. The molecule has 2 atom stereocenters. The minimum Gasteiger partial charge on any atom is -0.396 e. The quantitative estimate of drug-likeness (QED) is 0.873. The van der Waals surface area contributed by atoms with Gasteiger partial charge in [-0.1, -0.05) is 23.7 Å². The molecule has 1 heterocycles. The zero-order chi connectivity index (χ0) is 17.1. The van der Waals surface area contributed by atoms with Crippen molar-refractivity contribution in [3.8, 4) is 5.69 Å². The van der Waals surface area contributed by atoms with Crippen LogP contribution in [0.15, 0.2) is 18.2 Å². The topological polar surface area (TPSA) is 80.0 Å². The fraction of sp³-hybridized carbons (Fsp3) is 0.400. The smallest absolute Gasteiger partial charge is 0.273 e. The van der Waals surface area contributed by atoms with Crippen LogP contribution in [-0.4, -0.2) is 38.7 Å². The highest BCUT2D eigenvalue weighted by molar-refractivity contribution is 6.30. The molecule has 2 aromatic rings. The molecule has 2 unspecified atom stereocenters. The number of halogens is 2. The van der Waals surface area contributed by atoms with E-state index in [1.165, 1.54) is 22.9 Å². The lowest BCUT2D eigenvalue weighted by Gasteiger charge is -2.18. The van der Waals surface area contributed by atoms with Crippen molar-refractivity contribution in [2.24, 2.45) is 5.92 Å². The van der Waals surface area contributed by atoms with E-state index in [2.05, 4.69) is 15.6 Å². The SMILES string of the molecule is Cc1c(C(=O)NC(C)C(C)CO)nnn1-c1ccc(Cl)cc1F. The molecule has 1 amide bonds. The van der Waals surface area contributed by atoms with Gasteiger partial charge in [-0.25, -0.2) is 9.07 Å². The maximum atomic E-state index is 14.0. The van der Waals surface area contributed by atoms with Crippen molar-refractivity contribution in [1.82, 2.24) is 20.3 Å². The van der Waals surface area contributed by atoms with Gasteiger partial charge in [-0.3, -0.25) is 4.79 Å². The zero-order valence-corrected chi connectivity index (χ0v) is 13.8. The second kappa shape index (κ2) is 7.06. The highest BCUT2D eigenvalue weighted by atomic mass is 35.5. The Labute approximate surface area is 138 Å². The summed E-state index contributed by atoms with van der Waals surface area (Å²) in [5.74, 6) is -1.07. The average Bonchev–Trinajstić information content (AvgIpc) is 2.88. The summed E-state index contributed by atoms with van der Waals surface area (Å²) in [6.07, 6.45) is 0. The monoisotopic (exact) mass is 340 g/mol. The summed E-state index contributed by atoms with van der Waals surface area (Å²) in [7, 11) is 0. The molecule has 0 spiro atoms. The molecule has 8 heteroatoms. The number of carbonyl (C=O) groups is 1. The van der Waals surface area contributed by atoms with E-state index in [1.807, 2.05) is 6.92 Å². The van der Waals surface area contributed by atoms with Gasteiger partial charge in [0, 0.05) is 17.7 Å². The van der Waals surface area contributed by atoms with Crippen molar-refractivity contribution >= 4 is 17.5 Å². The first kappa shape index (κ1) is 17.4. The van der Waals surface area contributed by atoms with Gasteiger partial charge in [-0.15, -0.1) is 5.10 Å². The number of nitrogens with zero attached hydrogens (tertiary/aromatic N) is 3. The Morgan fingerprint density at radius 3 is 2.78 bits per heavy atom. The van der Waals surface area contributed by atoms with E-state index in [1.54, 1.807) is 13.8 Å². The molecular weight excluding hydrogens is 323 g/mol. The maximum Gasteiger partial charge on any atom is 0.273 e. The van der Waals surface area contributed by atoms with E-state index < -0.39 is 11.7 Å². The van der Waals surface area contributed by atoms with E-state index in [4.69, 9.17) is 16.7 Å². The number of aliphatic hydroxyl groups is 1. The molecule has 0 fully saturated rings. The molecule has 2 rings (SSSR count). The van der Waals surface area contributed by atoms with Gasteiger partial charge < -0.3 is 10.4 Å². The third-order valence-electron chi connectivity index (χ3n) is 3.75. The number of amides is 1. The highest BCUT2D eigenvalue weighted by Gasteiger charge is 2.22. The third kappa shape index (κ3) is 3.68. The van der Waals surface area contributed by atoms with Crippen LogP contribution in [-0.2, 0) is 0 Å². The maximum absolute atomic E-state index is 14.0. The Morgan fingerprint density at radius 2 is 2.17 bits per heavy atom. The number of nitrogens with one attached hydrogen (secondary N) is 1. The lowest BCUT2D eigenvalue weighted by atomic mass is 10.1. The van der Waals surface area contributed by atoms with Crippen molar-refractivity contribution in [1.29, 1.82) is 0 Å². The molecule has 23 heavy (non-hydrogen) atoms. The number of rotatable bonds is 5. The Bertz CT molecular complexity index is 719. The average molecular weight is 341 g/mol. The molecule has 0 bridgehead atoms. The first-order valence-corrected chi connectivity index (χ1v) is 7.52. The fourth-order valence-electron chi connectivity index (χ4n) is 2.00. The number of aliphatic hydroxyl groups excluding tert-OH is 1. The summed E-state index contributed by atoms with van der Waals surface area (Å²) in [5, 5.41) is 19.8. The van der Waals surface area contributed by atoms with Crippen LogP contribution in [0.3, 0.4) is 0 Å². The van der Waals surface area contributed by atoms with E-state index >= 15 is 0 Å². The molecule has 1 aromatic heterocycles. The van der Waals surface area contributed by atoms with Gasteiger partial charge in [-0.2, -0.15) is 0 Å². The van der Waals surface area contributed by atoms with E-state index in [9.17, 15) is 9.18 Å². The minimum absolute atomic E-state index is 0.0386. The third-order valence-corrected chi connectivity index (χ3v) is 3.98. The lowest BCUT2D eigenvalue weighted by molar-refractivity contribution is 0.0910. The first-order valence-electron chi connectivity index (χ1n) is 7.14. The zero-order valence-electron chi connectivity index (χ0n) is 13.0. The van der Waals surface area contributed by atoms with E-state index in [-0.39, 0.29) is 35.0 Å². The Hall–Kier alpha value is -1.99. The van der Waals surface area contributed by atoms with Crippen LogP contribution in [0.2, 0.25) is 5.02 Å². The van der Waals surface area contributed by atoms with Crippen molar-refractivity contribution < 1.29 is 14.3 Å². The Kier molecular flexibility index (Phi) is 5.33. The number of benzene rings is 1. The summed E-state index contributed by atoms with van der Waals surface area (Å²) < 4.78 is 15.2. The molecule has 0 radical (unpaired) electrons. The van der Waals surface area contributed by atoms with Crippen molar-refractivity contribution in [3.63, 3.8) is 0 Å². The van der Waals surface area contributed by atoms with E-state index in [0.717, 1.165) is 0 Å². The van der Waals surface area contributed by atoms with Gasteiger partial charge in [0.1, 0.15) is 11.5 Å². The summed E-state index contributed by atoms with van der Waals surface area (Å²) in [5.41, 5.74) is 0.680.